The van der Waals surface area contributed by atoms with Crippen molar-refractivity contribution in [3.8, 4) is 5.75 Å². The van der Waals surface area contributed by atoms with Crippen molar-refractivity contribution < 1.29 is 39.6 Å². The highest BCUT2D eigenvalue weighted by Gasteiger charge is 2.72. The highest BCUT2D eigenvalue weighted by molar-refractivity contribution is 6.24. The zero-order chi connectivity index (χ0) is 34.3. The minimum atomic E-state index is -2.64. The summed E-state index contributed by atoms with van der Waals surface area (Å²) in [7, 11) is 0. The lowest BCUT2D eigenvalue weighted by atomic mass is 9.43. The van der Waals surface area contributed by atoms with Crippen molar-refractivity contribution in [3.05, 3.63) is 80.6 Å². The van der Waals surface area contributed by atoms with Gasteiger partial charge in [-0.25, -0.2) is 0 Å². The summed E-state index contributed by atoms with van der Waals surface area (Å²) in [6.07, 6.45) is 1.26. The fourth-order valence-corrected chi connectivity index (χ4v) is 8.76. The van der Waals surface area contributed by atoms with Gasteiger partial charge in [-0.2, -0.15) is 0 Å². The van der Waals surface area contributed by atoms with Crippen molar-refractivity contribution in [1.82, 2.24) is 0 Å². The molecule has 1 unspecified atom stereocenters. The largest absolute Gasteiger partial charge is 0.508 e. The molecule has 8 heteroatoms. The van der Waals surface area contributed by atoms with E-state index in [2.05, 4.69) is 0 Å². The average molecular weight is 629 g/mol. The second-order valence-corrected chi connectivity index (χ2v) is 14.7. The minimum absolute atomic E-state index is 0.00233. The van der Waals surface area contributed by atoms with Crippen LogP contribution >= 0.6 is 0 Å². The van der Waals surface area contributed by atoms with E-state index in [1.807, 2.05) is 39.0 Å². The van der Waals surface area contributed by atoms with Crippen molar-refractivity contribution in [2.45, 2.75) is 92.6 Å². The lowest BCUT2D eigenvalue weighted by molar-refractivity contribution is -0.178. The third-order valence-electron chi connectivity index (χ3n) is 10.8. The number of aliphatic hydroxyl groups excluding tert-OH is 2. The first kappa shape index (κ1) is 33.3. The van der Waals surface area contributed by atoms with Crippen molar-refractivity contribution >= 4 is 28.9 Å². The number of Topliss-reactive ketones (excluding diaryl/α,β-unsaturated/α-hetero) is 4. The molecule has 0 heterocycles. The molecule has 2 aromatic carbocycles. The molecule has 0 bridgehead atoms. The molecule has 0 aromatic heterocycles. The van der Waals surface area contributed by atoms with E-state index in [1.54, 1.807) is 32.9 Å². The highest BCUT2D eigenvalue weighted by atomic mass is 16.3. The van der Waals surface area contributed by atoms with Crippen LogP contribution in [0.4, 0.5) is 0 Å². The lowest BCUT2D eigenvalue weighted by Crippen LogP contribution is -2.69. The topological polar surface area (TPSA) is 149 Å². The van der Waals surface area contributed by atoms with Gasteiger partial charge in [-0.05, 0) is 73.6 Å². The van der Waals surface area contributed by atoms with Crippen LogP contribution in [0.15, 0.2) is 47.2 Å². The Morgan fingerprint density at radius 3 is 2.07 bits per heavy atom. The van der Waals surface area contributed by atoms with Crippen LogP contribution in [0.1, 0.15) is 106 Å². The smallest absolute Gasteiger partial charge is 0.203 e. The number of rotatable bonds is 7. The molecule has 0 radical (unpaired) electrons. The van der Waals surface area contributed by atoms with Gasteiger partial charge in [0.15, 0.2) is 23.0 Å². The molecule has 0 saturated heterocycles. The summed E-state index contributed by atoms with van der Waals surface area (Å²) in [6, 6.07) is 9.21. The van der Waals surface area contributed by atoms with E-state index in [9.17, 15) is 39.6 Å². The van der Waals surface area contributed by atoms with Gasteiger partial charge in [0.25, 0.3) is 0 Å². The third kappa shape index (κ3) is 4.59. The summed E-state index contributed by atoms with van der Waals surface area (Å²) in [5.74, 6) is -5.29. The molecular formula is C38H44O8. The van der Waals surface area contributed by atoms with E-state index >= 15 is 0 Å². The summed E-state index contributed by atoms with van der Waals surface area (Å²) in [5, 5.41) is 47.3. The number of phenolic OH excluding ortho intramolecular Hbond substituents is 1. The van der Waals surface area contributed by atoms with Gasteiger partial charge < -0.3 is 20.4 Å². The predicted molar refractivity (Wildman–Crippen MR) is 174 cm³/mol. The zero-order valence-corrected chi connectivity index (χ0v) is 27.9. The van der Waals surface area contributed by atoms with Crippen LogP contribution in [-0.2, 0) is 33.6 Å². The first-order valence-corrected chi connectivity index (χ1v) is 16.0. The van der Waals surface area contributed by atoms with E-state index in [-0.39, 0.29) is 47.3 Å². The molecule has 244 valence electrons. The van der Waals surface area contributed by atoms with E-state index < -0.39 is 56.8 Å². The highest BCUT2D eigenvalue weighted by Crippen LogP contribution is 2.65. The van der Waals surface area contributed by atoms with Crippen molar-refractivity contribution in [2.24, 2.45) is 22.7 Å². The monoisotopic (exact) mass is 628 g/mol. The Bertz CT molecular complexity index is 1760. The maximum atomic E-state index is 14.6. The number of allylic oxidation sites excluding steroid dienone is 1. The molecular weight excluding hydrogens is 584 g/mol. The number of benzene rings is 2. The number of phenols is 1. The van der Waals surface area contributed by atoms with Crippen LogP contribution in [0.5, 0.6) is 5.75 Å². The maximum Gasteiger partial charge on any atom is 0.203 e. The van der Waals surface area contributed by atoms with E-state index in [4.69, 9.17) is 0 Å². The van der Waals surface area contributed by atoms with Gasteiger partial charge in [0.05, 0.1) is 5.56 Å². The molecule has 2 aromatic rings. The number of carbonyl (C=O) groups excluding carboxylic acids is 4. The minimum Gasteiger partial charge on any atom is -0.508 e. The number of aliphatic hydroxyl groups is 3. The molecule has 1 saturated carbocycles. The number of hydrogen-bond acceptors (Lipinski definition) is 8. The van der Waals surface area contributed by atoms with Crippen LogP contribution < -0.4 is 0 Å². The van der Waals surface area contributed by atoms with Gasteiger partial charge in [-0.3, -0.25) is 19.2 Å². The number of hydrogen-bond donors (Lipinski definition) is 4. The number of ketones is 4. The van der Waals surface area contributed by atoms with E-state index in [1.165, 1.54) is 6.92 Å². The molecule has 0 aliphatic heterocycles. The predicted octanol–water partition coefficient (Wildman–Crippen LogP) is 6.30. The quantitative estimate of drug-likeness (QED) is 0.206. The normalized spacial score (nSPS) is 27.6. The molecule has 8 nitrogen and oxygen atoms in total. The first-order valence-electron chi connectivity index (χ1n) is 16.0. The van der Waals surface area contributed by atoms with Gasteiger partial charge in [-0.1, -0.05) is 71.9 Å². The summed E-state index contributed by atoms with van der Waals surface area (Å²) < 4.78 is 0. The molecule has 1 fully saturated rings. The third-order valence-corrected chi connectivity index (χ3v) is 10.8. The standard InChI is InChI=1S/C38H44O8/c1-18(2)25-15-24(14-11-22-9-12-23(13-10-22)20(5)39)31(41)28-26(25)16-36(7)17-37(8)29(19(3)4)32(42)27(21(6)40)34(44)38(37,46)35(45)30(36)33(28)43/h9-10,12-13,15,18-19,29,41,43-44,46H,11,14,16-17H2,1-8H3/t29?,36-,37-,38+/m1/s1. The zero-order valence-electron chi connectivity index (χ0n) is 27.9. The molecule has 46 heavy (non-hydrogen) atoms. The van der Waals surface area contributed by atoms with Crippen LogP contribution in [0.2, 0.25) is 0 Å². The number of aryl methyl sites for hydroxylation is 2. The average Bonchev–Trinajstić information content (AvgIpc) is 2.94. The van der Waals surface area contributed by atoms with Crippen molar-refractivity contribution in [1.29, 1.82) is 0 Å². The SMILES string of the molecule is CC(=O)C1=C(O)[C@]2(O)C(=O)C3=C(O)c4c(O)c(CCc5ccc(C(C)=O)cc5)cc(C(C)C)c4C[C@]3(C)C[C@]2(C)C(C(C)C)C1=O. The van der Waals surface area contributed by atoms with Gasteiger partial charge in [0, 0.05) is 27.9 Å². The summed E-state index contributed by atoms with van der Waals surface area (Å²) in [6.45, 7) is 13.6. The molecule has 4 N–H and O–H groups in total. The van der Waals surface area contributed by atoms with Crippen molar-refractivity contribution in [2.75, 3.05) is 0 Å². The van der Waals surface area contributed by atoms with Crippen LogP contribution in [0, 0.1) is 22.7 Å². The Labute approximate surface area is 269 Å². The molecule has 0 amide bonds. The Morgan fingerprint density at radius 1 is 0.935 bits per heavy atom. The van der Waals surface area contributed by atoms with E-state index in [0.717, 1.165) is 18.1 Å². The Balaban J connectivity index is 1.70. The molecule has 5 rings (SSSR count). The second kappa shape index (κ2) is 11.0. The van der Waals surface area contributed by atoms with Crippen LogP contribution in [0.3, 0.4) is 0 Å². The van der Waals surface area contributed by atoms with Gasteiger partial charge in [0.2, 0.25) is 5.78 Å². The van der Waals surface area contributed by atoms with Gasteiger partial charge in [0.1, 0.15) is 22.8 Å². The molecule has 3 aliphatic rings. The Kier molecular flexibility index (Phi) is 8.00. The number of aromatic hydroxyl groups is 1. The number of carbonyl (C=O) groups is 4. The Hall–Kier alpha value is -4.04. The second-order valence-electron chi connectivity index (χ2n) is 14.7. The first-order chi connectivity index (χ1) is 21.3. The van der Waals surface area contributed by atoms with Crippen LogP contribution in [0.25, 0.3) is 5.76 Å². The van der Waals surface area contributed by atoms with E-state index in [0.29, 0.717) is 29.5 Å². The fourth-order valence-electron chi connectivity index (χ4n) is 8.76. The summed E-state index contributed by atoms with van der Waals surface area (Å²) in [5.41, 5.74) is -2.05. The molecule has 4 atom stereocenters. The van der Waals surface area contributed by atoms with Crippen LogP contribution in [-0.4, -0.2) is 49.2 Å². The molecule has 0 spiro atoms. The molecule has 3 aliphatic carbocycles. The Morgan fingerprint density at radius 2 is 1.54 bits per heavy atom. The fraction of sp³-hybridized carbons (Fsp3) is 0.474. The van der Waals surface area contributed by atoms with Crippen molar-refractivity contribution in [3.63, 3.8) is 0 Å². The van der Waals surface area contributed by atoms with Gasteiger partial charge >= 0.3 is 0 Å². The van der Waals surface area contributed by atoms with Gasteiger partial charge in [-0.15, -0.1) is 0 Å². The maximum absolute atomic E-state index is 14.6. The number of fused-ring (bicyclic) bond motifs is 3. The summed E-state index contributed by atoms with van der Waals surface area (Å²) in [4.78, 5) is 52.6. The lowest BCUT2D eigenvalue weighted by Gasteiger charge is -2.60. The summed E-state index contributed by atoms with van der Waals surface area (Å²) >= 11 is 0.